The molecule has 2 N–H and O–H groups in total. The second-order valence-electron chi connectivity index (χ2n) is 3.49. The molecule has 0 saturated heterocycles. The Bertz CT molecular complexity index is 354. The van der Waals surface area contributed by atoms with Crippen molar-refractivity contribution in [1.82, 2.24) is 15.3 Å². The fourth-order valence-corrected chi connectivity index (χ4v) is 1.25. The van der Waals surface area contributed by atoms with Crippen LogP contribution in [-0.4, -0.2) is 16.0 Å². The standard InChI is InChI=1S/C9H13N3O/c1-6-4-9(13)12-8(11-6)5-10-7-2-3-7/h4,7,10H,2-3,5H2,1H3,(H,11,12,13). The van der Waals surface area contributed by atoms with E-state index in [0.29, 0.717) is 12.6 Å². The number of hydrogen-bond donors (Lipinski definition) is 2. The second kappa shape index (κ2) is 3.30. The molecule has 1 aromatic rings. The van der Waals surface area contributed by atoms with Crippen LogP contribution >= 0.6 is 0 Å². The molecule has 0 bridgehead atoms. The van der Waals surface area contributed by atoms with E-state index in [2.05, 4.69) is 15.3 Å². The van der Waals surface area contributed by atoms with Crippen molar-refractivity contribution in [2.45, 2.75) is 32.4 Å². The van der Waals surface area contributed by atoms with Gasteiger partial charge in [0.05, 0.1) is 6.54 Å². The van der Waals surface area contributed by atoms with Crippen molar-refractivity contribution >= 4 is 0 Å². The van der Waals surface area contributed by atoms with Crippen LogP contribution in [0, 0.1) is 6.92 Å². The summed E-state index contributed by atoms with van der Waals surface area (Å²) in [5.41, 5.74) is 0.705. The fourth-order valence-electron chi connectivity index (χ4n) is 1.25. The van der Waals surface area contributed by atoms with E-state index in [0.717, 1.165) is 11.5 Å². The lowest BCUT2D eigenvalue weighted by Crippen LogP contribution is -2.20. The van der Waals surface area contributed by atoms with Crippen LogP contribution in [0.25, 0.3) is 0 Å². The van der Waals surface area contributed by atoms with E-state index >= 15 is 0 Å². The summed E-state index contributed by atoms with van der Waals surface area (Å²) in [4.78, 5) is 18.0. The minimum Gasteiger partial charge on any atom is -0.309 e. The monoisotopic (exact) mass is 179 g/mol. The minimum absolute atomic E-state index is 0.0694. The van der Waals surface area contributed by atoms with E-state index in [4.69, 9.17) is 0 Å². The van der Waals surface area contributed by atoms with Crippen LogP contribution in [0.5, 0.6) is 0 Å². The van der Waals surface area contributed by atoms with Gasteiger partial charge in [-0.3, -0.25) is 4.79 Å². The topological polar surface area (TPSA) is 57.8 Å². The Hall–Kier alpha value is -1.16. The Morgan fingerprint density at radius 3 is 3.08 bits per heavy atom. The highest BCUT2D eigenvalue weighted by Gasteiger charge is 2.20. The molecule has 4 heteroatoms. The number of nitrogens with one attached hydrogen (secondary N) is 2. The molecule has 0 unspecified atom stereocenters. The van der Waals surface area contributed by atoms with Gasteiger partial charge in [0.2, 0.25) is 0 Å². The van der Waals surface area contributed by atoms with Gasteiger partial charge in [-0.1, -0.05) is 0 Å². The van der Waals surface area contributed by atoms with Crippen LogP contribution in [0.1, 0.15) is 24.4 Å². The number of nitrogens with zero attached hydrogens (tertiary/aromatic N) is 1. The number of hydrogen-bond acceptors (Lipinski definition) is 3. The highest BCUT2D eigenvalue weighted by atomic mass is 16.1. The molecule has 0 radical (unpaired) electrons. The molecule has 1 saturated carbocycles. The molecule has 1 aliphatic carbocycles. The Morgan fingerprint density at radius 1 is 1.69 bits per heavy atom. The van der Waals surface area contributed by atoms with Gasteiger partial charge in [0, 0.05) is 17.8 Å². The summed E-state index contributed by atoms with van der Waals surface area (Å²) >= 11 is 0. The van der Waals surface area contributed by atoms with Crippen molar-refractivity contribution in [1.29, 1.82) is 0 Å². The van der Waals surface area contributed by atoms with Gasteiger partial charge in [-0.15, -0.1) is 0 Å². The largest absolute Gasteiger partial charge is 0.309 e. The van der Waals surface area contributed by atoms with E-state index in [-0.39, 0.29) is 5.56 Å². The highest BCUT2D eigenvalue weighted by Crippen LogP contribution is 2.18. The Morgan fingerprint density at radius 2 is 2.46 bits per heavy atom. The van der Waals surface area contributed by atoms with Gasteiger partial charge in [-0.25, -0.2) is 4.98 Å². The Labute approximate surface area is 76.4 Å². The van der Waals surface area contributed by atoms with Crippen molar-refractivity contribution in [3.8, 4) is 0 Å². The van der Waals surface area contributed by atoms with E-state index in [1.165, 1.54) is 18.9 Å². The second-order valence-corrected chi connectivity index (χ2v) is 3.49. The summed E-state index contributed by atoms with van der Waals surface area (Å²) in [6.45, 7) is 2.50. The van der Waals surface area contributed by atoms with Crippen LogP contribution in [0.2, 0.25) is 0 Å². The zero-order valence-corrected chi connectivity index (χ0v) is 7.63. The normalized spacial score (nSPS) is 16.1. The number of aryl methyl sites for hydroxylation is 1. The van der Waals surface area contributed by atoms with E-state index in [1.54, 1.807) is 0 Å². The maximum atomic E-state index is 11.0. The number of aromatic nitrogens is 2. The summed E-state index contributed by atoms with van der Waals surface area (Å²) in [6, 6.07) is 2.14. The first-order valence-corrected chi connectivity index (χ1v) is 4.54. The average Bonchev–Trinajstić information content (AvgIpc) is 2.81. The molecule has 0 atom stereocenters. The van der Waals surface area contributed by atoms with E-state index < -0.39 is 0 Å². The lowest BCUT2D eigenvalue weighted by Gasteiger charge is -2.02. The van der Waals surface area contributed by atoms with Crippen molar-refractivity contribution in [3.05, 3.63) is 27.9 Å². The van der Waals surface area contributed by atoms with Gasteiger partial charge in [-0.05, 0) is 19.8 Å². The maximum Gasteiger partial charge on any atom is 0.251 e. The van der Waals surface area contributed by atoms with Gasteiger partial charge in [0.15, 0.2) is 0 Å². The summed E-state index contributed by atoms with van der Waals surface area (Å²) in [5.74, 6) is 0.733. The zero-order valence-electron chi connectivity index (χ0n) is 7.63. The minimum atomic E-state index is -0.0694. The Balaban J connectivity index is 2.05. The van der Waals surface area contributed by atoms with Crippen molar-refractivity contribution in [2.75, 3.05) is 0 Å². The first-order chi connectivity index (χ1) is 6.24. The first-order valence-electron chi connectivity index (χ1n) is 4.54. The third-order valence-electron chi connectivity index (χ3n) is 2.05. The third-order valence-corrected chi connectivity index (χ3v) is 2.05. The van der Waals surface area contributed by atoms with Crippen molar-refractivity contribution < 1.29 is 0 Å². The lowest BCUT2D eigenvalue weighted by molar-refractivity contribution is 0.653. The molecule has 70 valence electrons. The molecule has 0 spiro atoms. The molecule has 1 aromatic heterocycles. The van der Waals surface area contributed by atoms with Crippen LogP contribution < -0.4 is 10.9 Å². The van der Waals surface area contributed by atoms with Gasteiger partial charge >= 0.3 is 0 Å². The molecule has 13 heavy (non-hydrogen) atoms. The molecule has 4 nitrogen and oxygen atoms in total. The molecule has 1 heterocycles. The first kappa shape index (κ1) is 8.44. The fraction of sp³-hybridized carbons (Fsp3) is 0.556. The maximum absolute atomic E-state index is 11.0. The number of H-pyrrole nitrogens is 1. The van der Waals surface area contributed by atoms with Gasteiger partial charge in [-0.2, -0.15) is 0 Å². The summed E-state index contributed by atoms with van der Waals surface area (Å²) in [6.07, 6.45) is 2.49. The molecular formula is C9H13N3O. The summed E-state index contributed by atoms with van der Waals surface area (Å²) in [7, 11) is 0. The predicted octanol–water partition coefficient (Wildman–Crippen LogP) is 0.330. The van der Waals surface area contributed by atoms with Gasteiger partial charge in [0.25, 0.3) is 5.56 Å². The SMILES string of the molecule is Cc1cc(=O)[nH]c(CNC2CC2)n1. The molecule has 0 aromatic carbocycles. The van der Waals surface area contributed by atoms with Gasteiger partial charge < -0.3 is 10.3 Å². The zero-order chi connectivity index (χ0) is 9.26. The predicted molar refractivity (Wildman–Crippen MR) is 49.5 cm³/mol. The lowest BCUT2D eigenvalue weighted by atomic mass is 10.4. The van der Waals surface area contributed by atoms with Crippen LogP contribution in [-0.2, 0) is 6.54 Å². The van der Waals surface area contributed by atoms with Crippen LogP contribution in [0.15, 0.2) is 10.9 Å². The molecule has 0 aliphatic heterocycles. The average molecular weight is 179 g/mol. The molecule has 1 aliphatic rings. The summed E-state index contributed by atoms with van der Waals surface area (Å²) in [5, 5.41) is 3.29. The third kappa shape index (κ3) is 2.39. The van der Waals surface area contributed by atoms with E-state index in [9.17, 15) is 4.79 Å². The van der Waals surface area contributed by atoms with Crippen LogP contribution in [0.3, 0.4) is 0 Å². The quantitative estimate of drug-likeness (QED) is 0.703. The summed E-state index contributed by atoms with van der Waals surface area (Å²) < 4.78 is 0. The highest BCUT2D eigenvalue weighted by molar-refractivity contribution is 5.00. The smallest absolute Gasteiger partial charge is 0.251 e. The molecule has 2 rings (SSSR count). The van der Waals surface area contributed by atoms with Gasteiger partial charge in [0.1, 0.15) is 5.82 Å². The van der Waals surface area contributed by atoms with Crippen LogP contribution in [0.4, 0.5) is 0 Å². The molecule has 1 fully saturated rings. The van der Waals surface area contributed by atoms with E-state index in [1.807, 2.05) is 6.92 Å². The Kier molecular flexibility index (Phi) is 2.14. The molecule has 0 amide bonds. The van der Waals surface area contributed by atoms with Crippen molar-refractivity contribution in [3.63, 3.8) is 0 Å². The number of aromatic amines is 1. The number of rotatable bonds is 3. The molecular weight excluding hydrogens is 166 g/mol. The van der Waals surface area contributed by atoms with Crippen molar-refractivity contribution in [2.24, 2.45) is 0 Å².